The summed E-state index contributed by atoms with van der Waals surface area (Å²) >= 11 is 0. The molecule has 4 aromatic rings. The molecule has 0 bridgehead atoms. The number of nitrogens with one attached hydrogen (secondary N) is 1. The first kappa shape index (κ1) is 19.3. The van der Waals surface area contributed by atoms with Crippen LogP contribution in [0.1, 0.15) is 21.5 Å². The number of amides is 1. The lowest BCUT2D eigenvalue weighted by molar-refractivity contribution is -0.115. The van der Waals surface area contributed by atoms with E-state index in [4.69, 9.17) is 4.74 Å². The van der Waals surface area contributed by atoms with Gasteiger partial charge in [-0.3, -0.25) is 14.6 Å². The molecule has 0 aliphatic carbocycles. The number of rotatable bonds is 6. The van der Waals surface area contributed by atoms with Gasteiger partial charge in [-0.25, -0.2) is 9.97 Å². The lowest BCUT2D eigenvalue weighted by Crippen LogP contribution is -2.15. The molecule has 4 rings (SSSR count). The van der Waals surface area contributed by atoms with Crippen molar-refractivity contribution in [2.24, 2.45) is 7.05 Å². The Bertz CT molecular complexity index is 1230. The van der Waals surface area contributed by atoms with Crippen LogP contribution in [0.2, 0.25) is 0 Å². The molecular weight excluding hydrogens is 382 g/mol. The first-order valence-electron chi connectivity index (χ1n) is 9.22. The number of aromatic nitrogens is 4. The summed E-state index contributed by atoms with van der Waals surface area (Å²) in [4.78, 5) is 37.7. The number of fused-ring (bicyclic) bond motifs is 1. The van der Waals surface area contributed by atoms with E-state index in [1.54, 1.807) is 42.3 Å². The number of nitrogens with zero attached hydrogens (tertiary/aromatic N) is 4. The molecular formula is C22H19N5O3. The minimum atomic E-state index is -0.214. The monoisotopic (exact) mass is 401 g/mol. The van der Waals surface area contributed by atoms with Gasteiger partial charge in [-0.2, -0.15) is 0 Å². The number of benzene rings is 1. The summed E-state index contributed by atoms with van der Waals surface area (Å²) in [6.07, 6.45) is 7.96. The molecule has 30 heavy (non-hydrogen) atoms. The quantitative estimate of drug-likeness (QED) is 0.499. The summed E-state index contributed by atoms with van der Waals surface area (Å²) in [6, 6.07) is 8.89. The lowest BCUT2D eigenvalue weighted by atomic mass is 10.1. The molecule has 0 atom stereocenters. The van der Waals surface area contributed by atoms with Crippen LogP contribution in [0.15, 0.2) is 61.4 Å². The zero-order valence-corrected chi connectivity index (χ0v) is 16.5. The highest BCUT2D eigenvalue weighted by atomic mass is 16.5. The second-order valence-corrected chi connectivity index (χ2v) is 6.78. The zero-order valence-electron chi connectivity index (χ0n) is 16.5. The van der Waals surface area contributed by atoms with Crippen LogP contribution in [0.25, 0.3) is 11.0 Å². The fourth-order valence-electron chi connectivity index (χ4n) is 3.22. The van der Waals surface area contributed by atoms with Gasteiger partial charge in [0.05, 0.1) is 31.0 Å². The van der Waals surface area contributed by atoms with Gasteiger partial charge in [0.15, 0.2) is 5.78 Å². The number of methoxy groups -OCH3 is 1. The van der Waals surface area contributed by atoms with Gasteiger partial charge < -0.3 is 14.6 Å². The third kappa shape index (κ3) is 3.88. The Morgan fingerprint density at radius 1 is 1.10 bits per heavy atom. The van der Waals surface area contributed by atoms with E-state index >= 15 is 0 Å². The number of aryl methyl sites for hydroxylation is 1. The van der Waals surface area contributed by atoms with Gasteiger partial charge in [0.25, 0.3) is 0 Å². The zero-order chi connectivity index (χ0) is 21.1. The number of ketones is 1. The Morgan fingerprint density at radius 2 is 1.90 bits per heavy atom. The molecule has 0 aliphatic rings. The normalized spacial score (nSPS) is 10.7. The summed E-state index contributed by atoms with van der Waals surface area (Å²) in [6.45, 7) is 0. The third-order valence-corrected chi connectivity index (χ3v) is 4.69. The number of carbonyl (C=O) groups excluding carboxylic acids is 2. The van der Waals surface area contributed by atoms with Crippen LogP contribution >= 0.6 is 0 Å². The third-order valence-electron chi connectivity index (χ3n) is 4.69. The van der Waals surface area contributed by atoms with Crippen LogP contribution in [0.4, 0.5) is 5.69 Å². The molecule has 0 aliphatic heterocycles. The van der Waals surface area contributed by atoms with E-state index in [1.165, 1.54) is 18.7 Å². The number of carbonyl (C=O) groups is 2. The maximum atomic E-state index is 13.0. The number of pyridine rings is 1. The number of hydrogen-bond donors (Lipinski definition) is 1. The van der Waals surface area contributed by atoms with Crippen molar-refractivity contribution in [2.45, 2.75) is 6.42 Å². The van der Waals surface area contributed by atoms with Crippen LogP contribution in [-0.4, -0.2) is 38.3 Å². The average molecular weight is 401 g/mol. The number of anilines is 1. The van der Waals surface area contributed by atoms with Crippen molar-refractivity contribution in [3.05, 3.63) is 78.1 Å². The molecule has 1 amide bonds. The van der Waals surface area contributed by atoms with E-state index < -0.39 is 0 Å². The Hall–Kier alpha value is -4.07. The van der Waals surface area contributed by atoms with Crippen molar-refractivity contribution >= 4 is 28.4 Å². The van der Waals surface area contributed by atoms with Gasteiger partial charge in [0, 0.05) is 36.6 Å². The topological polar surface area (TPSA) is 99.0 Å². The maximum Gasteiger partial charge on any atom is 0.228 e. The summed E-state index contributed by atoms with van der Waals surface area (Å²) in [5.41, 5.74) is 2.83. The van der Waals surface area contributed by atoms with E-state index in [2.05, 4.69) is 20.3 Å². The van der Waals surface area contributed by atoms with Gasteiger partial charge >= 0.3 is 0 Å². The molecule has 1 N–H and O–H groups in total. The van der Waals surface area contributed by atoms with Crippen molar-refractivity contribution in [1.29, 1.82) is 0 Å². The highest BCUT2D eigenvalue weighted by Crippen LogP contribution is 2.22. The highest BCUT2D eigenvalue weighted by Gasteiger charge is 2.17. The summed E-state index contributed by atoms with van der Waals surface area (Å²) < 4.78 is 6.90. The Balaban J connectivity index is 1.51. The highest BCUT2D eigenvalue weighted by molar-refractivity contribution is 6.16. The van der Waals surface area contributed by atoms with Crippen LogP contribution in [0, 0.1) is 0 Å². The lowest BCUT2D eigenvalue weighted by Gasteiger charge is -2.07. The molecule has 0 spiro atoms. The van der Waals surface area contributed by atoms with E-state index in [0.29, 0.717) is 27.8 Å². The second-order valence-electron chi connectivity index (χ2n) is 6.78. The Labute approximate surface area is 172 Å². The summed E-state index contributed by atoms with van der Waals surface area (Å²) in [5, 5.41) is 3.46. The van der Waals surface area contributed by atoms with Crippen molar-refractivity contribution in [3.63, 3.8) is 0 Å². The summed E-state index contributed by atoms with van der Waals surface area (Å²) in [5.74, 6) is 0.313. The molecule has 0 saturated heterocycles. The van der Waals surface area contributed by atoms with Crippen molar-refractivity contribution < 1.29 is 14.3 Å². The van der Waals surface area contributed by atoms with Crippen LogP contribution in [0.5, 0.6) is 5.75 Å². The van der Waals surface area contributed by atoms with E-state index in [1.807, 2.05) is 19.2 Å². The first-order valence-corrected chi connectivity index (χ1v) is 9.22. The van der Waals surface area contributed by atoms with Crippen molar-refractivity contribution in [1.82, 2.24) is 19.5 Å². The molecule has 0 radical (unpaired) electrons. The minimum absolute atomic E-state index is 0.197. The predicted molar refractivity (Wildman–Crippen MR) is 112 cm³/mol. The molecule has 0 fully saturated rings. The van der Waals surface area contributed by atoms with E-state index in [9.17, 15) is 9.59 Å². The first-order chi connectivity index (χ1) is 14.5. The smallest absolute Gasteiger partial charge is 0.228 e. The number of ether oxygens (including phenoxy) is 1. The maximum absolute atomic E-state index is 13.0. The largest absolute Gasteiger partial charge is 0.497 e. The minimum Gasteiger partial charge on any atom is -0.497 e. The molecule has 0 unspecified atom stereocenters. The molecule has 3 heterocycles. The van der Waals surface area contributed by atoms with E-state index in [0.717, 1.165) is 11.3 Å². The Morgan fingerprint density at radius 3 is 2.67 bits per heavy atom. The van der Waals surface area contributed by atoms with Gasteiger partial charge in [-0.1, -0.05) is 12.1 Å². The number of hydrogen-bond acceptors (Lipinski definition) is 6. The average Bonchev–Trinajstić information content (AvgIpc) is 3.10. The van der Waals surface area contributed by atoms with E-state index in [-0.39, 0.29) is 18.1 Å². The molecule has 8 nitrogen and oxygen atoms in total. The predicted octanol–water partition coefficient (Wildman–Crippen LogP) is 2.78. The second kappa shape index (κ2) is 8.12. The van der Waals surface area contributed by atoms with Crippen LogP contribution in [0.3, 0.4) is 0 Å². The van der Waals surface area contributed by atoms with Crippen molar-refractivity contribution in [3.8, 4) is 5.75 Å². The Kier molecular flexibility index (Phi) is 5.21. The van der Waals surface area contributed by atoms with Gasteiger partial charge in [0.2, 0.25) is 5.91 Å². The van der Waals surface area contributed by atoms with Gasteiger partial charge in [0.1, 0.15) is 17.7 Å². The molecule has 8 heteroatoms. The fraction of sp³-hybridized carbons (Fsp3) is 0.136. The van der Waals surface area contributed by atoms with Gasteiger partial charge in [-0.05, 0) is 23.8 Å². The molecule has 1 aromatic carbocycles. The molecule has 0 saturated carbocycles. The SMILES string of the molecule is COc1ccc(CC(=O)Nc2cncc(C(=O)c3cn(C)c4ncncc34)c2)cc1. The summed E-state index contributed by atoms with van der Waals surface area (Å²) in [7, 11) is 3.41. The van der Waals surface area contributed by atoms with Gasteiger partial charge in [-0.15, -0.1) is 0 Å². The molecule has 150 valence electrons. The van der Waals surface area contributed by atoms with Crippen molar-refractivity contribution in [2.75, 3.05) is 12.4 Å². The standard InChI is InChI=1S/C22H19N5O3/c1-27-12-19(18-11-24-13-25-22(18)27)21(29)15-8-16(10-23-9-15)26-20(28)7-14-3-5-17(30-2)6-4-14/h3-6,8-13H,7H2,1-2H3,(H,26,28). The fourth-order valence-corrected chi connectivity index (χ4v) is 3.22. The van der Waals surface area contributed by atoms with Crippen LogP contribution in [-0.2, 0) is 18.3 Å². The van der Waals surface area contributed by atoms with Crippen LogP contribution < -0.4 is 10.1 Å². The molecule has 3 aromatic heterocycles.